The fourth-order valence-corrected chi connectivity index (χ4v) is 2.07. The third-order valence-electron chi connectivity index (χ3n) is 3.14. The predicted molar refractivity (Wildman–Crippen MR) is 77.6 cm³/mol. The molecule has 3 rings (SSSR count). The van der Waals surface area contributed by atoms with Crippen LogP contribution in [0.2, 0.25) is 5.02 Å². The van der Waals surface area contributed by atoms with Gasteiger partial charge in [-0.05, 0) is 18.9 Å². The number of rotatable bonds is 5. The van der Waals surface area contributed by atoms with Crippen LogP contribution in [0.15, 0.2) is 30.3 Å². The Bertz CT molecular complexity index is 616. The van der Waals surface area contributed by atoms with E-state index in [1.165, 1.54) is 0 Å². The zero-order chi connectivity index (χ0) is 13.9. The highest BCUT2D eigenvalue weighted by molar-refractivity contribution is 6.31. The van der Waals surface area contributed by atoms with Crippen LogP contribution in [0.3, 0.4) is 0 Å². The van der Waals surface area contributed by atoms with Crippen molar-refractivity contribution >= 4 is 17.4 Å². The normalized spacial score (nSPS) is 14.1. The minimum Gasteiger partial charge on any atom is -0.473 e. The number of anilines is 1. The Hall–Kier alpha value is -1.85. The molecule has 1 heterocycles. The van der Waals surface area contributed by atoms with E-state index in [-0.39, 0.29) is 0 Å². The van der Waals surface area contributed by atoms with Crippen molar-refractivity contribution in [3.63, 3.8) is 0 Å². The minimum absolute atomic E-state index is 0.366. The van der Waals surface area contributed by atoms with E-state index < -0.39 is 0 Å². The van der Waals surface area contributed by atoms with Gasteiger partial charge in [0, 0.05) is 22.6 Å². The lowest BCUT2D eigenvalue weighted by molar-refractivity contribution is 0.292. The Morgan fingerprint density at radius 1 is 1.30 bits per heavy atom. The number of hydrazine groups is 1. The molecule has 1 aliphatic rings. The average Bonchev–Trinajstić information content (AvgIpc) is 3.31. The first-order valence-corrected chi connectivity index (χ1v) is 6.86. The van der Waals surface area contributed by atoms with Crippen LogP contribution in [0.1, 0.15) is 30.1 Å². The zero-order valence-electron chi connectivity index (χ0n) is 10.8. The summed E-state index contributed by atoms with van der Waals surface area (Å²) in [5.41, 5.74) is 3.46. The molecule has 0 saturated heterocycles. The Labute approximate surface area is 122 Å². The number of nitrogens with two attached hydrogens (primary N) is 1. The van der Waals surface area contributed by atoms with Crippen molar-refractivity contribution in [2.75, 3.05) is 5.43 Å². The molecule has 0 unspecified atom stereocenters. The van der Waals surface area contributed by atoms with Gasteiger partial charge in [-0.1, -0.05) is 29.8 Å². The Morgan fingerprint density at radius 3 is 2.80 bits per heavy atom. The second-order valence-corrected chi connectivity index (χ2v) is 5.16. The molecule has 2 aromatic rings. The standard InChI is InChI=1S/C14H15ClN4O/c15-11-4-2-1-3-10(11)8-20-13-7-12(19-16)17-14(18-13)9-5-6-9/h1-4,7,9H,5-6,8,16H2,(H,17,18,19). The molecule has 0 spiro atoms. The fourth-order valence-electron chi connectivity index (χ4n) is 1.88. The molecule has 5 nitrogen and oxygen atoms in total. The summed E-state index contributed by atoms with van der Waals surface area (Å²) in [7, 11) is 0. The molecule has 0 radical (unpaired) electrons. The number of benzene rings is 1. The lowest BCUT2D eigenvalue weighted by Crippen LogP contribution is -2.11. The molecule has 1 aromatic heterocycles. The van der Waals surface area contributed by atoms with E-state index in [0.717, 1.165) is 24.2 Å². The first kappa shape index (κ1) is 13.1. The number of halogens is 1. The molecule has 3 N–H and O–H groups in total. The van der Waals surface area contributed by atoms with Crippen molar-refractivity contribution in [3.05, 3.63) is 46.7 Å². The van der Waals surface area contributed by atoms with E-state index in [1.54, 1.807) is 6.07 Å². The third-order valence-corrected chi connectivity index (χ3v) is 3.51. The van der Waals surface area contributed by atoms with Crippen LogP contribution in [0.25, 0.3) is 0 Å². The van der Waals surface area contributed by atoms with E-state index in [2.05, 4.69) is 15.4 Å². The number of hydrogen-bond acceptors (Lipinski definition) is 5. The maximum atomic E-state index is 6.10. The summed E-state index contributed by atoms with van der Waals surface area (Å²) in [6.07, 6.45) is 2.25. The topological polar surface area (TPSA) is 73.1 Å². The first-order valence-electron chi connectivity index (χ1n) is 6.48. The van der Waals surface area contributed by atoms with E-state index in [0.29, 0.717) is 29.2 Å². The van der Waals surface area contributed by atoms with Gasteiger partial charge in [0.1, 0.15) is 18.2 Å². The van der Waals surface area contributed by atoms with Crippen LogP contribution in [-0.4, -0.2) is 9.97 Å². The van der Waals surface area contributed by atoms with Crippen LogP contribution in [0.4, 0.5) is 5.82 Å². The van der Waals surface area contributed by atoms with Crippen LogP contribution >= 0.6 is 11.6 Å². The van der Waals surface area contributed by atoms with Gasteiger partial charge >= 0.3 is 0 Å². The van der Waals surface area contributed by atoms with Crippen molar-refractivity contribution in [1.29, 1.82) is 0 Å². The summed E-state index contributed by atoms with van der Waals surface area (Å²) in [6.45, 7) is 0.366. The van der Waals surface area contributed by atoms with Gasteiger partial charge in [0.2, 0.25) is 5.88 Å². The van der Waals surface area contributed by atoms with Gasteiger partial charge in [-0.3, -0.25) is 0 Å². The minimum atomic E-state index is 0.366. The molecular weight excluding hydrogens is 276 g/mol. The Kier molecular flexibility index (Phi) is 3.71. The van der Waals surface area contributed by atoms with E-state index in [1.807, 2.05) is 24.3 Å². The summed E-state index contributed by atoms with van der Waals surface area (Å²) in [4.78, 5) is 8.75. The fraction of sp³-hybridized carbons (Fsp3) is 0.286. The second kappa shape index (κ2) is 5.64. The number of nitrogens with one attached hydrogen (secondary N) is 1. The van der Waals surface area contributed by atoms with Gasteiger partial charge in [-0.2, -0.15) is 4.98 Å². The molecular formula is C14H15ClN4O. The highest BCUT2D eigenvalue weighted by Crippen LogP contribution is 2.39. The Balaban J connectivity index is 1.76. The lowest BCUT2D eigenvalue weighted by Gasteiger charge is -2.09. The second-order valence-electron chi connectivity index (χ2n) is 4.75. The molecule has 6 heteroatoms. The van der Waals surface area contributed by atoms with Crippen LogP contribution in [0, 0.1) is 0 Å². The van der Waals surface area contributed by atoms with Crippen molar-refractivity contribution < 1.29 is 4.74 Å². The number of aromatic nitrogens is 2. The van der Waals surface area contributed by atoms with Gasteiger partial charge in [0.05, 0.1) is 0 Å². The molecule has 0 aliphatic heterocycles. The molecule has 0 atom stereocenters. The summed E-state index contributed by atoms with van der Waals surface area (Å²) in [5.74, 6) is 7.72. The van der Waals surface area contributed by atoms with Crippen LogP contribution < -0.4 is 16.0 Å². The molecule has 104 valence electrons. The number of ether oxygens (including phenoxy) is 1. The van der Waals surface area contributed by atoms with E-state index in [9.17, 15) is 0 Å². The molecule has 1 fully saturated rings. The van der Waals surface area contributed by atoms with E-state index in [4.69, 9.17) is 22.2 Å². The van der Waals surface area contributed by atoms with Gasteiger partial charge in [-0.25, -0.2) is 10.8 Å². The lowest BCUT2D eigenvalue weighted by atomic mass is 10.2. The van der Waals surface area contributed by atoms with Crippen LogP contribution in [0.5, 0.6) is 5.88 Å². The van der Waals surface area contributed by atoms with Gasteiger partial charge in [0.25, 0.3) is 0 Å². The van der Waals surface area contributed by atoms with Crippen LogP contribution in [-0.2, 0) is 6.61 Å². The maximum absolute atomic E-state index is 6.10. The van der Waals surface area contributed by atoms with Gasteiger partial charge in [0.15, 0.2) is 0 Å². The average molecular weight is 291 g/mol. The SMILES string of the molecule is NNc1cc(OCc2ccccc2Cl)nc(C2CC2)n1. The smallest absolute Gasteiger partial charge is 0.219 e. The third kappa shape index (κ3) is 3.00. The van der Waals surface area contributed by atoms with Gasteiger partial charge in [-0.15, -0.1) is 0 Å². The monoisotopic (exact) mass is 290 g/mol. The largest absolute Gasteiger partial charge is 0.473 e. The number of hydrogen-bond donors (Lipinski definition) is 2. The molecule has 20 heavy (non-hydrogen) atoms. The quantitative estimate of drug-likeness (QED) is 0.654. The van der Waals surface area contributed by atoms with E-state index >= 15 is 0 Å². The van der Waals surface area contributed by atoms with Crippen molar-refractivity contribution in [2.24, 2.45) is 5.84 Å². The maximum Gasteiger partial charge on any atom is 0.219 e. The number of nitrogen functional groups attached to an aromatic ring is 1. The van der Waals surface area contributed by atoms with Crippen molar-refractivity contribution in [1.82, 2.24) is 9.97 Å². The molecule has 1 aliphatic carbocycles. The molecule has 1 aromatic carbocycles. The number of nitrogens with zero attached hydrogens (tertiary/aromatic N) is 2. The molecule has 0 bridgehead atoms. The zero-order valence-corrected chi connectivity index (χ0v) is 11.6. The highest BCUT2D eigenvalue weighted by Gasteiger charge is 2.27. The molecule has 0 amide bonds. The summed E-state index contributed by atoms with van der Waals surface area (Å²) < 4.78 is 5.70. The first-order chi connectivity index (χ1) is 9.76. The summed E-state index contributed by atoms with van der Waals surface area (Å²) >= 11 is 6.10. The predicted octanol–water partition coefficient (Wildman–Crippen LogP) is 2.87. The highest BCUT2D eigenvalue weighted by atomic mass is 35.5. The van der Waals surface area contributed by atoms with Crippen molar-refractivity contribution in [2.45, 2.75) is 25.4 Å². The van der Waals surface area contributed by atoms with Crippen molar-refractivity contribution in [3.8, 4) is 5.88 Å². The molecule has 1 saturated carbocycles. The Morgan fingerprint density at radius 2 is 2.10 bits per heavy atom. The summed E-state index contributed by atoms with van der Waals surface area (Å²) in [5, 5.41) is 0.682. The van der Waals surface area contributed by atoms with Gasteiger partial charge < -0.3 is 10.2 Å². The summed E-state index contributed by atoms with van der Waals surface area (Å²) in [6, 6.07) is 9.25.